The standard InChI is InChI=1S/C15H15F2N3OS/c16-13(17)9-20(11-6-7-11)15(21)19-14-18-8-12(22-14)10-4-2-1-3-5-10/h1-5,8,11,13H,6-7,9H2,(H,18,19,21). The number of aromatic nitrogens is 1. The van der Waals surface area contributed by atoms with Crippen LogP contribution in [0.25, 0.3) is 10.4 Å². The van der Waals surface area contributed by atoms with Gasteiger partial charge in [-0.05, 0) is 18.4 Å². The van der Waals surface area contributed by atoms with Crippen LogP contribution >= 0.6 is 11.3 Å². The third-order valence-corrected chi connectivity index (χ3v) is 4.32. The molecule has 2 amide bonds. The van der Waals surface area contributed by atoms with Crippen LogP contribution < -0.4 is 5.32 Å². The molecule has 3 rings (SSSR count). The van der Waals surface area contributed by atoms with Crippen molar-refractivity contribution in [3.05, 3.63) is 36.5 Å². The van der Waals surface area contributed by atoms with Gasteiger partial charge in [0.2, 0.25) is 0 Å². The van der Waals surface area contributed by atoms with Gasteiger partial charge in [-0.1, -0.05) is 41.7 Å². The molecule has 1 saturated carbocycles. The summed E-state index contributed by atoms with van der Waals surface area (Å²) in [4.78, 5) is 18.4. The number of urea groups is 1. The summed E-state index contributed by atoms with van der Waals surface area (Å²) >= 11 is 1.33. The molecule has 1 aliphatic rings. The summed E-state index contributed by atoms with van der Waals surface area (Å²) in [6.45, 7) is -0.534. The van der Waals surface area contributed by atoms with Gasteiger partial charge in [0, 0.05) is 12.2 Å². The highest BCUT2D eigenvalue weighted by atomic mass is 32.1. The molecule has 0 radical (unpaired) electrons. The Bertz CT molecular complexity index is 643. The van der Waals surface area contributed by atoms with Crippen molar-refractivity contribution in [2.75, 3.05) is 11.9 Å². The molecule has 2 aromatic rings. The monoisotopic (exact) mass is 323 g/mol. The zero-order valence-corrected chi connectivity index (χ0v) is 12.5. The molecule has 1 fully saturated rings. The number of amides is 2. The second kappa shape index (κ2) is 6.39. The van der Waals surface area contributed by atoms with Crippen LogP contribution in [0.5, 0.6) is 0 Å². The minimum Gasteiger partial charge on any atom is -0.316 e. The van der Waals surface area contributed by atoms with E-state index in [4.69, 9.17) is 0 Å². The molecular weight excluding hydrogens is 308 g/mol. The van der Waals surface area contributed by atoms with Gasteiger partial charge < -0.3 is 4.90 Å². The first-order chi connectivity index (χ1) is 10.6. The zero-order chi connectivity index (χ0) is 15.5. The number of anilines is 1. The number of nitrogens with one attached hydrogen (secondary N) is 1. The van der Waals surface area contributed by atoms with Gasteiger partial charge in [-0.25, -0.2) is 18.6 Å². The van der Waals surface area contributed by atoms with Crippen molar-refractivity contribution in [3.8, 4) is 10.4 Å². The van der Waals surface area contributed by atoms with Crippen molar-refractivity contribution >= 4 is 22.5 Å². The lowest BCUT2D eigenvalue weighted by Gasteiger charge is -2.21. The molecule has 116 valence electrons. The number of nitrogens with zero attached hydrogens (tertiary/aromatic N) is 2. The highest BCUT2D eigenvalue weighted by Gasteiger charge is 2.34. The SMILES string of the molecule is O=C(Nc1ncc(-c2ccccc2)s1)N(CC(F)F)C1CC1. The van der Waals surface area contributed by atoms with Crippen molar-refractivity contribution in [1.29, 1.82) is 0 Å². The van der Waals surface area contributed by atoms with E-state index in [0.29, 0.717) is 5.13 Å². The molecule has 7 heteroatoms. The Kier molecular flexibility index (Phi) is 4.33. The fourth-order valence-electron chi connectivity index (χ4n) is 2.16. The largest absolute Gasteiger partial charge is 0.324 e. The molecule has 1 aromatic carbocycles. The lowest BCUT2D eigenvalue weighted by Crippen LogP contribution is -2.39. The molecule has 1 heterocycles. The Morgan fingerprint density at radius 1 is 1.36 bits per heavy atom. The number of hydrogen-bond acceptors (Lipinski definition) is 3. The van der Waals surface area contributed by atoms with Gasteiger partial charge in [0.1, 0.15) is 0 Å². The number of rotatable bonds is 5. The van der Waals surface area contributed by atoms with Gasteiger partial charge in [0.25, 0.3) is 6.43 Å². The minimum absolute atomic E-state index is 0.0671. The molecule has 0 atom stereocenters. The number of carbonyl (C=O) groups excluding carboxylic acids is 1. The van der Waals surface area contributed by atoms with E-state index in [9.17, 15) is 13.6 Å². The summed E-state index contributed by atoms with van der Waals surface area (Å²) in [6.07, 6.45) is 0.715. The van der Waals surface area contributed by atoms with Gasteiger partial charge in [-0.2, -0.15) is 0 Å². The van der Waals surface area contributed by atoms with Crippen molar-refractivity contribution in [2.24, 2.45) is 0 Å². The van der Waals surface area contributed by atoms with E-state index in [2.05, 4.69) is 10.3 Å². The molecule has 1 aliphatic carbocycles. The average molecular weight is 323 g/mol. The first-order valence-corrected chi connectivity index (χ1v) is 7.82. The van der Waals surface area contributed by atoms with Gasteiger partial charge >= 0.3 is 6.03 Å². The van der Waals surface area contributed by atoms with Crippen LogP contribution in [0.2, 0.25) is 0 Å². The smallest absolute Gasteiger partial charge is 0.316 e. The molecule has 0 aliphatic heterocycles. The van der Waals surface area contributed by atoms with Crippen LogP contribution in [-0.4, -0.2) is 34.9 Å². The van der Waals surface area contributed by atoms with Crippen LogP contribution in [0.3, 0.4) is 0 Å². The fraction of sp³-hybridized carbons (Fsp3) is 0.333. The first kappa shape index (κ1) is 14.9. The number of thiazole rings is 1. The van der Waals surface area contributed by atoms with Crippen molar-refractivity contribution in [2.45, 2.75) is 25.3 Å². The summed E-state index contributed by atoms with van der Waals surface area (Å²) in [6, 6.07) is 9.10. The van der Waals surface area contributed by atoms with E-state index in [1.165, 1.54) is 16.2 Å². The summed E-state index contributed by atoms with van der Waals surface area (Å²) in [5.74, 6) is 0. The van der Waals surface area contributed by atoms with E-state index in [-0.39, 0.29) is 6.04 Å². The number of halogens is 2. The van der Waals surface area contributed by atoms with E-state index >= 15 is 0 Å². The van der Waals surface area contributed by atoms with E-state index in [1.54, 1.807) is 6.20 Å². The molecule has 0 unspecified atom stereocenters. The van der Waals surface area contributed by atoms with Crippen molar-refractivity contribution in [3.63, 3.8) is 0 Å². The number of benzene rings is 1. The molecule has 0 spiro atoms. The number of hydrogen-bond donors (Lipinski definition) is 1. The Balaban J connectivity index is 1.67. The Labute approximate surface area is 130 Å². The van der Waals surface area contributed by atoms with E-state index < -0.39 is 19.0 Å². The number of alkyl halides is 2. The van der Waals surface area contributed by atoms with Gasteiger partial charge in [-0.15, -0.1) is 0 Å². The summed E-state index contributed by atoms with van der Waals surface area (Å²) in [7, 11) is 0. The van der Waals surface area contributed by atoms with E-state index in [1.807, 2.05) is 30.3 Å². The lowest BCUT2D eigenvalue weighted by molar-refractivity contribution is 0.0994. The second-order valence-corrected chi connectivity index (χ2v) is 6.13. The Morgan fingerprint density at radius 3 is 2.73 bits per heavy atom. The van der Waals surface area contributed by atoms with Crippen LogP contribution in [0.4, 0.5) is 18.7 Å². The van der Waals surface area contributed by atoms with Gasteiger partial charge in [0.05, 0.1) is 11.4 Å². The maximum absolute atomic E-state index is 12.6. The van der Waals surface area contributed by atoms with Crippen LogP contribution in [0.1, 0.15) is 12.8 Å². The van der Waals surface area contributed by atoms with Gasteiger partial charge in [0.15, 0.2) is 5.13 Å². The van der Waals surface area contributed by atoms with Crippen molar-refractivity contribution in [1.82, 2.24) is 9.88 Å². The predicted molar refractivity (Wildman–Crippen MR) is 82.3 cm³/mol. The Hall–Kier alpha value is -2.02. The number of carbonyl (C=O) groups is 1. The molecule has 0 saturated heterocycles. The van der Waals surface area contributed by atoms with Crippen molar-refractivity contribution < 1.29 is 13.6 Å². The molecule has 22 heavy (non-hydrogen) atoms. The second-order valence-electron chi connectivity index (χ2n) is 5.10. The summed E-state index contributed by atoms with van der Waals surface area (Å²) < 4.78 is 25.1. The van der Waals surface area contributed by atoms with Crippen LogP contribution in [0, 0.1) is 0 Å². The van der Waals surface area contributed by atoms with Gasteiger partial charge in [-0.3, -0.25) is 5.32 Å². The maximum atomic E-state index is 12.6. The van der Waals surface area contributed by atoms with Crippen LogP contribution in [0.15, 0.2) is 36.5 Å². The zero-order valence-electron chi connectivity index (χ0n) is 11.7. The Morgan fingerprint density at radius 2 is 2.09 bits per heavy atom. The lowest BCUT2D eigenvalue weighted by atomic mass is 10.2. The quantitative estimate of drug-likeness (QED) is 0.901. The summed E-state index contributed by atoms with van der Waals surface area (Å²) in [5.41, 5.74) is 1.01. The molecule has 0 bridgehead atoms. The molecular formula is C15H15F2N3OS. The first-order valence-electron chi connectivity index (χ1n) is 7.00. The molecule has 1 N–H and O–H groups in total. The predicted octanol–water partition coefficient (Wildman–Crippen LogP) is 4.07. The molecule has 4 nitrogen and oxygen atoms in total. The average Bonchev–Trinajstić information content (AvgIpc) is 3.24. The highest BCUT2D eigenvalue weighted by Crippen LogP contribution is 2.31. The maximum Gasteiger partial charge on any atom is 0.324 e. The summed E-state index contributed by atoms with van der Waals surface area (Å²) in [5, 5.41) is 3.04. The third kappa shape index (κ3) is 3.59. The van der Waals surface area contributed by atoms with E-state index in [0.717, 1.165) is 23.3 Å². The highest BCUT2D eigenvalue weighted by molar-refractivity contribution is 7.19. The topological polar surface area (TPSA) is 45.2 Å². The molecule has 1 aromatic heterocycles. The third-order valence-electron chi connectivity index (χ3n) is 3.36. The van der Waals surface area contributed by atoms with Crippen LogP contribution in [-0.2, 0) is 0 Å². The normalized spacial score (nSPS) is 14.1. The minimum atomic E-state index is -2.53. The fourth-order valence-corrected chi connectivity index (χ4v) is 2.98.